The van der Waals surface area contributed by atoms with E-state index in [1.807, 2.05) is 5.10 Å². The molecule has 0 bridgehead atoms. The summed E-state index contributed by atoms with van der Waals surface area (Å²) in [5, 5.41) is 12.7. The number of H-pyrrole nitrogens is 1. The maximum Gasteiger partial charge on any atom is 0.432 e. The third kappa shape index (κ3) is 7.45. The molecular formula is C31H27F4N5O6S. The minimum Gasteiger partial charge on any atom is -0.457 e. The average Bonchev–Trinajstić information content (AvgIpc) is 3.87. The summed E-state index contributed by atoms with van der Waals surface area (Å²) < 4.78 is 69.1. The third-order valence-corrected chi connectivity index (χ3v) is 8.50. The number of carbonyl (C=O) groups excluding carboxylic acids is 3. The van der Waals surface area contributed by atoms with Crippen molar-refractivity contribution in [2.45, 2.75) is 31.0 Å². The Balaban J connectivity index is 1.05. The number of rotatable bonds is 9. The molecule has 2 aliphatic rings. The normalized spacial score (nSPS) is 17.2. The minimum absolute atomic E-state index is 0.0148. The van der Waals surface area contributed by atoms with Gasteiger partial charge in [0.05, 0.1) is 38.5 Å². The Bertz CT molecular complexity index is 1750. The molecule has 3 N–H and O–H groups in total. The number of benzene rings is 2. The van der Waals surface area contributed by atoms with E-state index in [4.69, 9.17) is 14.2 Å². The molecule has 2 fully saturated rings. The maximum absolute atomic E-state index is 13.3. The molecule has 47 heavy (non-hydrogen) atoms. The summed E-state index contributed by atoms with van der Waals surface area (Å²) >= 11 is 1.23. The van der Waals surface area contributed by atoms with Crippen LogP contribution in [-0.4, -0.2) is 71.0 Å². The van der Waals surface area contributed by atoms with Gasteiger partial charge < -0.3 is 29.7 Å². The van der Waals surface area contributed by atoms with E-state index in [9.17, 15) is 31.9 Å². The number of aromatic amines is 1. The van der Waals surface area contributed by atoms with Gasteiger partial charge in [-0.25, -0.2) is 4.39 Å². The first-order valence-electron chi connectivity index (χ1n) is 14.4. The predicted molar refractivity (Wildman–Crippen MR) is 159 cm³/mol. The number of carbonyl (C=O) groups is 3. The lowest BCUT2D eigenvalue weighted by Gasteiger charge is -2.24. The van der Waals surface area contributed by atoms with Crippen LogP contribution in [0.2, 0.25) is 0 Å². The van der Waals surface area contributed by atoms with E-state index in [1.165, 1.54) is 52.6 Å². The van der Waals surface area contributed by atoms with E-state index >= 15 is 0 Å². The van der Waals surface area contributed by atoms with Gasteiger partial charge in [-0.2, -0.15) is 18.3 Å². The minimum atomic E-state index is -4.55. The van der Waals surface area contributed by atoms with Crippen LogP contribution >= 0.6 is 11.3 Å². The quantitative estimate of drug-likeness (QED) is 0.223. The molecule has 2 aromatic carbocycles. The molecule has 16 heteroatoms. The zero-order valence-corrected chi connectivity index (χ0v) is 25.3. The molecule has 0 saturated carbocycles. The highest BCUT2D eigenvalue weighted by molar-refractivity contribution is 7.10. The second-order valence-electron chi connectivity index (χ2n) is 10.8. The summed E-state index contributed by atoms with van der Waals surface area (Å²) in [5.41, 5.74) is -0.126. The number of likely N-dealkylation sites (tertiary alicyclic amines) is 1. The summed E-state index contributed by atoms with van der Waals surface area (Å²) in [6, 6.07) is 13.2. The van der Waals surface area contributed by atoms with Crippen molar-refractivity contribution in [3.8, 4) is 22.8 Å². The number of alkyl halides is 3. The van der Waals surface area contributed by atoms with Crippen LogP contribution in [0.25, 0.3) is 11.3 Å². The molecule has 1 atom stereocenters. The highest BCUT2D eigenvalue weighted by atomic mass is 32.1. The van der Waals surface area contributed by atoms with Gasteiger partial charge >= 0.3 is 6.18 Å². The largest absolute Gasteiger partial charge is 0.457 e. The van der Waals surface area contributed by atoms with E-state index in [-0.39, 0.29) is 30.8 Å². The standard InChI is InChI=1S/C31H27F4N5O6S/c32-20-3-7-22(8-4-20)46-21-5-1-18(2-6-21)28(42)37-15-27(41)40-17-30(44-9-10-45-30)13-25(40)29(43)36-14-23-11-19(16-47-23)24-12-26(39-38-24)31(33,34)35/h1-8,11-12,16,25H,9-10,13-15,17H2,(H,36,43)(H,37,42)(H,38,39). The van der Waals surface area contributed by atoms with Crippen LogP contribution in [-0.2, 0) is 31.8 Å². The zero-order chi connectivity index (χ0) is 33.2. The van der Waals surface area contributed by atoms with Crippen molar-refractivity contribution < 1.29 is 46.2 Å². The van der Waals surface area contributed by atoms with E-state index in [2.05, 4.69) is 15.7 Å². The second kappa shape index (κ2) is 13.1. The molecule has 4 aromatic rings. The van der Waals surface area contributed by atoms with Crippen LogP contribution in [0.15, 0.2) is 66.0 Å². The fourth-order valence-corrected chi connectivity index (χ4v) is 6.05. The Morgan fingerprint density at radius 1 is 1.02 bits per heavy atom. The van der Waals surface area contributed by atoms with Gasteiger partial charge in [0.25, 0.3) is 5.91 Å². The van der Waals surface area contributed by atoms with Crippen LogP contribution < -0.4 is 15.4 Å². The molecule has 4 heterocycles. The Labute approximate surface area is 268 Å². The molecular weight excluding hydrogens is 646 g/mol. The summed E-state index contributed by atoms with van der Waals surface area (Å²) in [5.74, 6) is -2.23. The molecule has 3 amide bonds. The van der Waals surface area contributed by atoms with Crippen LogP contribution in [0.1, 0.15) is 27.3 Å². The number of nitrogens with zero attached hydrogens (tertiary/aromatic N) is 2. The number of amides is 3. The van der Waals surface area contributed by atoms with Crippen molar-refractivity contribution in [2.24, 2.45) is 0 Å². The number of hydrogen-bond donors (Lipinski definition) is 3. The van der Waals surface area contributed by atoms with Gasteiger partial charge in [-0.3, -0.25) is 19.5 Å². The zero-order valence-electron chi connectivity index (χ0n) is 24.4. The Morgan fingerprint density at radius 2 is 1.70 bits per heavy atom. The van der Waals surface area contributed by atoms with Crippen molar-refractivity contribution in [3.05, 3.63) is 88.0 Å². The Morgan fingerprint density at radius 3 is 2.36 bits per heavy atom. The average molecular weight is 674 g/mol. The monoisotopic (exact) mass is 673 g/mol. The highest BCUT2D eigenvalue weighted by Gasteiger charge is 2.52. The highest BCUT2D eigenvalue weighted by Crippen LogP contribution is 2.35. The molecule has 0 radical (unpaired) electrons. The Kier molecular flexibility index (Phi) is 8.98. The number of thiophene rings is 1. The maximum atomic E-state index is 13.3. The van der Waals surface area contributed by atoms with Gasteiger partial charge in [0.2, 0.25) is 11.8 Å². The van der Waals surface area contributed by atoms with Crippen LogP contribution in [0, 0.1) is 5.82 Å². The van der Waals surface area contributed by atoms with Gasteiger partial charge in [0.15, 0.2) is 5.79 Å². The van der Waals surface area contributed by atoms with Crippen LogP contribution in [0.3, 0.4) is 0 Å². The van der Waals surface area contributed by atoms with Gasteiger partial charge in [-0.1, -0.05) is 0 Å². The van der Waals surface area contributed by atoms with E-state index < -0.39 is 53.8 Å². The van der Waals surface area contributed by atoms with Gasteiger partial charge in [-0.15, -0.1) is 11.3 Å². The summed E-state index contributed by atoms with van der Waals surface area (Å²) in [4.78, 5) is 41.4. The first-order chi connectivity index (χ1) is 22.5. The lowest BCUT2D eigenvalue weighted by Crippen LogP contribution is -2.49. The van der Waals surface area contributed by atoms with E-state index in [0.29, 0.717) is 35.2 Å². The molecule has 1 unspecified atom stereocenters. The van der Waals surface area contributed by atoms with E-state index in [1.54, 1.807) is 23.6 Å². The number of ether oxygens (including phenoxy) is 3. The third-order valence-electron chi connectivity index (χ3n) is 7.56. The summed E-state index contributed by atoms with van der Waals surface area (Å²) in [6.45, 7) is 0.249. The Hall–Kier alpha value is -4.80. The van der Waals surface area contributed by atoms with Crippen molar-refractivity contribution in [3.63, 3.8) is 0 Å². The molecule has 11 nitrogen and oxygen atoms in total. The van der Waals surface area contributed by atoms with Crippen molar-refractivity contribution in [2.75, 3.05) is 26.3 Å². The molecule has 6 rings (SSSR count). The second-order valence-corrected chi connectivity index (χ2v) is 11.8. The van der Waals surface area contributed by atoms with Gasteiger partial charge in [-0.05, 0) is 60.7 Å². The van der Waals surface area contributed by atoms with Crippen LogP contribution in [0.5, 0.6) is 11.5 Å². The fraction of sp³-hybridized carbons (Fsp3) is 0.290. The van der Waals surface area contributed by atoms with Gasteiger partial charge in [0.1, 0.15) is 29.1 Å². The number of aromatic nitrogens is 2. The molecule has 2 saturated heterocycles. The number of halogens is 4. The number of hydrogen-bond acceptors (Lipinski definition) is 8. The molecule has 2 aromatic heterocycles. The van der Waals surface area contributed by atoms with Gasteiger partial charge in [0, 0.05) is 27.8 Å². The van der Waals surface area contributed by atoms with Crippen molar-refractivity contribution in [1.82, 2.24) is 25.7 Å². The smallest absolute Gasteiger partial charge is 0.432 e. The molecule has 2 aliphatic heterocycles. The summed E-state index contributed by atoms with van der Waals surface area (Å²) in [7, 11) is 0. The lowest BCUT2D eigenvalue weighted by molar-refractivity contribution is -0.152. The fourth-order valence-electron chi connectivity index (χ4n) is 5.23. The SMILES string of the molecule is O=C(NCC(=O)N1CC2(CC1C(=O)NCc1cc(-c3cc(C(F)(F)F)[nH]n3)cs1)OCCO2)c1ccc(Oc2ccc(F)cc2)cc1. The molecule has 1 spiro atoms. The van der Waals surface area contributed by atoms with Crippen molar-refractivity contribution in [1.29, 1.82) is 0 Å². The predicted octanol–water partition coefficient (Wildman–Crippen LogP) is 4.48. The molecule has 0 aliphatic carbocycles. The molecule has 246 valence electrons. The topological polar surface area (TPSA) is 135 Å². The van der Waals surface area contributed by atoms with Crippen molar-refractivity contribution >= 4 is 29.1 Å². The van der Waals surface area contributed by atoms with Crippen LogP contribution in [0.4, 0.5) is 17.6 Å². The summed E-state index contributed by atoms with van der Waals surface area (Å²) in [6.07, 6.45) is -4.47. The first kappa shape index (κ1) is 32.2. The number of nitrogens with one attached hydrogen (secondary N) is 3. The van der Waals surface area contributed by atoms with E-state index in [0.717, 1.165) is 6.07 Å². The lowest BCUT2D eigenvalue weighted by atomic mass is 10.1. The first-order valence-corrected chi connectivity index (χ1v) is 15.2.